The topological polar surface area (TPSA) is 60.1 Å². The second-order valence-electron chi connectivity index (χ2n) is 7.80. The first-order chi connectivity index (χ1) is 13.4. The Balaban J connectivity index is 1.49. The van der Waals surface area contributed by atoms with Gasteiger partial charge in [-0.3, -0.25) is 9.36 Å². The molecule has 1 saturated heterocycles. The molecule has 2 fully saturated rings. The Morgan fingerprint density at radius 3 is 2.25 bits per heavy atom. The fourth-order valence-electron chi connectivity index (χ4n) is 4.48. The number of aryl methyl sites for hydroxylation is 1. The van der Waals surface area contributed by atoms with E-state index in [0.717, 1.165) is 49.7 Å². The van der Waals surface area contributed by atoms with Crippen LogP contribution in [-0.4, -0.2) is 38.2 Å². The molecule has 1 saturated carbocycles. The molecular formula is C20H24F2N4O2. The van der Waals surface area contributed by atoms with Crippen molar-refractivity contribution in [2.24, 2.45) is 7.05 Å². The molecule has 0 bridgehead atoms. The van der Waals surface area contributed by atoms with Crippen LogP contribution < -0.4 is 5.69 Å². The molecule has 2 aliphatic rings. The number of piperidine rings is 1. The van der Waals surface area contributed by atoms with Crippen molar-refractivity contribution in [3.05, 3.63) is 51.7 Å². The van der Waals surface area contributed by atoms with E-state index in [-0.39, 0.29) is 29.1 Å². The Labute approximate surface area is 161 Å². The third kappa shape index (κ3) is 3.47. The van der Waals surface area contributed by atoms with E-state index in [9.17, 15) is 18.4 Å². The van der Waals surface area contributed by atoms with Crippen LogP contribution in [0, 0.1) is 11.6 Å². The minimum absolute atomic E-state index is 0.0247. The van der Waals surface area contributed by atoms with Crippen molar-refractivity contribution >= 4 is 5.91 Å². The minimum Gasteiger partial charge on any atom is -0.339 e. The van der Waals surface area contributed by atoms with Crippen molar-refractivity contribution in [1.29, 1.82) is 0 Å². The van der Waals surface area contributed by atoms with E-state index in [0.29, 0.717) is 25.9 Å². The van der Waals surface area contributed by atoms with Crippen LogP contribution in [0.4, 0.5) is 8.78 Å². The van der Waals surface area contributed by atoms with Gasteiger partial charge in [-0.2, -0.15) is 5.10 Å². The van der Waals surface area contributed by atoms with Gasteiger partial charge in [0.1, 0.15) is 17.5 Å². The maximum Gasteiger partial charge on any atom is 0.345 e. The molecule has 1 aromatic heterocycles. The van der Waals surface area contributed by atoms with Crippen molar-refractivity contribution < 1.29 is 13.6 Å². The van der Waals surface area contributed by atoms with Crippen LogP contribution in [0.2, 0.25) is 0 Å². The van der Waals surface area contributed by atoms with Gasteiger partial charge in [0.15, 0.2) is 0 Å². The normalized spacial score (nSPS) is 18.8. The molecule has 4 rings (SSSR count). The lowest BCUT2D eigenvalue weighted by Gasteiger charge is -2.32. The number of nitrogens with zero attached hydrogens (tertiary/aromatic N) is 4. The summed E-state index contributed by atoms with van der Waals surface area (Å²) >= 11 is 0. The van der Waals surface area contributed by atoms with Crippen molar-refractivity contribution in [2.75, 3.05) is 13.1 Å². The molecule has 150 valence electrons. The van der Waals surface area contributed by atoms with E-state index in [1.807, 2.05) is 4.57 Å². The maximum atomic E-state index is 13.4. The molecule has 1 amide bonds. The molecule has 1 aliphatic heterocycles. The lowest BCUT2D eigenvalue weighted by molar-refractivity contribution is 0.0708. The van der Waals surface area contributed by atoms with Crippen molar-refractivity contribution in [2.45, 2.75) is 50.5 Å². The predicted molar refractivity (Wildman–Crippen MR) is 99.2 cm³/mol. The molecule has 28 heavy (non-hydrogen) atoms. The monoisotopic (exact) mass is 390 g/mol. The van der Waals surface area contributed by atoms with Crippen molar-refractivity contribution in [3.63, 3.8) is 0 Å². The first-order valence-corrected chi connectivity index (χ1v) is 9.85. The number of hydrogen-bond acceptors (Lipinski definition) is 3. The Kier molecular flexibility index (Phi) is 5.03. The Bertz CT molecular complexity index is 918. The number of benzene rings is 1. The zero-order valence-electron chi connectivity index (χ0n) is 15.9. The van der Waals surface area contributed by atoms with Crippen LogP contribution in [0.25, 0.3) is 0 Å². The highest BCUT2D eigenvalue weighted by Gasteiger charge is 2.31. The molecule has 1 aromatic carbocycles. The highest BCUT2D eigenvalue weighted by molar-refractivity contribution is 5.94. The van der Waals surface area contributed by atoms with E-state index in [1.54, 1.807) is 11.9 Å². The number of carbonyl (C=O) groups excluding carboxylic acids is 1. The Hall–Kier alpha value is -2.51. The molecule has 0 unspecified atom stereocenters. The number of likely N-dealkylation sites (tertiary alicyclic amines) is 1. The molecule has 6 nitrogen and oxygen atoms in total. The number of hydrogen-bond donors (Lipinski definition) is 0. The first-order valence-electron chi connectivity index (χ1n) is 9.85. The van der Waals surface area contributed by atoms with Crippen molar-refractivity contribution in [1.82, 2.24) is 19.2 Å². The quantitative estimate of drug-likeness (QED) is 0.810. The highest BCUT2D eigenvalue weighted by Crippen LogP contribution is 2.33. The summed E-state index contributed by atoms with van der Waals surface area (Å²) in [7, 11) is 1.68. The summed E-state index contributed by atoms with van der Waals surface area (Å²) in [6.07, 6.45) is 5.60. The minimum atomic E-state index is -0.757. The van der Waals surface area contributed by atoms with Gasteiger partial charge in [0.05, 0.1) is 0 Å². The second-order valence-corrected chi connectivity index (χ2v) is 7.80. The van der Waals surface area contributed by atoms with Crippen molar-refractivity contribution in [3.8, 4) is 0 Å². The Morgan fingerprint density at radius 1 is 1.04 bits per heavy atom. The summed E-state index contributed by atoms with van der Waals surface area (Å²) in [5, 5.41) is 4.49. The smallest absolute Gasteiger partial charge is 0.339 e. The van der Waals surface area contributed by atoms with Gasteiger partial charge in [-0.1, -0.05) is 12.8 Å². The van der Waals surface area contributed by atoms with E-state index in [2.05, 4.69) is 5.10 Å². The molecule has 8 heteroatoms. The molecule has 0 radical (unpaired) electrons. The van der Waals surface area contributed by atoms with E-state index in [1.165, 1.54) is 4.68 Å². The molecule has 0 atom stereocenters. The van der Waals surface area contributed by atoms with Crippen LogP contribution in [0.15, 0.2) is 23.0 Å². The fraction of sp³-hybridized carbons (Fsp3) is 0.550. The number of rotatable bonds is 3. The molecule has 1 aliphatic carbocycles. The van der Waals surface area contributed by atoms with Crippen LogP contribution in [0.1, 0.15) is 66.7 Å². The zero-order chi connectivity index (χ0) is 19.8. The number of halogens is 2. The number of amides is 1. The van der Waals surface area contributed by atoms with E-state index in [4.69, 9.17) is 0 Å². The largest absolute Gasteiger partial charge is 0.345 e. The summed E-state index contributed by atoms with van der Waals surface area (Å²) in [4.78, 5) is 26.8. The first kappa shape index (κ1) is 18.8. The third-order valence-corrected chi connectivity index (χ3v) is 5.93. The molecule has 2 aromatic rings. The number of aromatic nitrogens is 3. The summed E-state index contributed by atoms with van der Waals surface area (Å²) in [5.74, 6) is -0.975. The maximum absolute atomic E-state index is 13.4. The van der Waals surface area contributed by atoms with E-state index >= 15 is 0 Å². The fourth-order valence-corrected chi connectivity index (χ4v) is 4.48. The lowest BCUT2D eigenvalue weighted by Crippen LogP contribution is -2.39. The Morgan fingerprint density at radius 2 is 1.64 bits per heavy atom. The lowest BCUT2D eigenvalue weighted by atomic mass is 9.95. The van der Waals surface area contributed by atoms with Gasteiger partial charge in [-0.15, -0.1) is 0 Å². The summed E-state index contributed by atoms with van der Waals surface area (Å²) in [5.41, 5.74) is -0.0488. The zero-order valence-corrected chi connectivity index (χ0v) is 15.9. The van der Waals surface area contributed by atoms with E-state index < -0.39 is 11.6 Å². The van der Waals surface area contributed by atoms with Gasteiger partial charge in [0, 0.05) is 43.7 Å². The van der Waals surface area contributed by atoms with Crippen LogP contribution >= 0.6 is 0 Å². The average Bonchev–Trinajstić information content (AvgIpc) is 3.29. The van der Waals surface area contributed by atoms with Gasteiger partial charge >= 0.3 is 5.69 Å². The van der Waals surface area contributed by atoms with Gasteiger partial charge < -0.3 is 4.90 Å². The summed E-state index contributed by atoms with van der Waals surface area (Å²) in [6.45, 7) is 0.939. The van der Waals surface area contributed by atoms with Crippen LogP contribution in [0.5, 0.6) is 0 Å². The summed E-state index contributed by atoms with van der Waals surface area (Å²) < 4.78 is 30.1. The summed E-state index contributed by atoms with van der Waals surface area (Å²) in [6, 6.07) is 3.10. The highest BCUT2D eigenvalue weighted by atomic mass is 19.1. The standard InChI is InChI=1S/C20H24F2N4O2/c1-24-20(28)26(17-4-2-3-5-17)18(23-24)13-6-8-25(9-7-13)19(27)14-10-15(21)12-16(22)11-14/h10-13,17H,2-9H2,1H3. The van der Waals surface area contributed by atoms with Gasteiger partial charge in [-0.05, 0) is 37.8 Å². The molecule has 0 spiro atoms. The van der Waals surface area contributed by atoms with Gasteiger partial charge in [-0.25, -0.2) is 18.3 Å². The van der Waals surface area contributed by atoms with Crippen LogP contribution in [0.3, 0.4) is 0 Å². The molecule has 2 heterocycles. The average molecular weight is 390 g/mol. The molecule has 0 N–H and O–H groups in total. The van der Waals surface area contributed by atoms with Crippen LogP contribution in [-0.2, 0) is 7.05 Å². The number of carbonyl (C=O) groups is 1. The third-order valence-electron chi connectivity index (χ3n) is 5.93. The molecular weight excluding hydrogens is 366 g/mol. The second kappa shape index (κ2) is 7.48. The van der Waals surface area contributed by atoms with Gasteiger partial charge in [0.25, 0.3) is 5.91 Å². The predicted octanol–water partition coefficient (Wildman–Crippen LogP) is 2.99. The van der Waals surface area contributed by atoms with Gasteiger partial charge in [0.2, 0.25) is 0 Å². The SMILES string of the molecule is Cn1nc(C2CCN(C(=O)c3cc(F)cc(F)c3)CC2)n(C2CCCC2)c1=O.